The SMILES string of the molecule is Cc1cc(/C=C2\SC(=Nc3ccccc3)N(c3ccccc3)C2=O)c(C)n1-c1ccc(S(N)(=O)=O)cc1. The van der Waals surface area contributed by atoms with Gasteiger partial charge in [0.25, 0.3) is 5.91 Å². The number of rotatable bonds is 5. The highest BCUT2D eigenvalue weighted by atomic mass is 32.2. The summed E-state index contributed by atoms with van der Waals surface area (Å²) in [5.41, 5.74) is 5.06. The third-order valence-electron chi connectivity index (χ3n) is 5.98. The minimum Gasteiger partial charge on any atom is -0.318 e. The number of nitrogens with zero attached hydrogens (tertiary/aromatic N) is 3. The summed E-state index contributed by atoms with van der Waals surface area (Å²) in [5.74, 6) is -0.145. The van der Waals surface area contributed by atoms with E-state index in [1.165, 1.54) is 23.9 Å². The fourth-order valence-corrected chi connectivity index (χ4v) is 5.73. The summed E-state index contributed by atoms with van der Waals surface area (Å²) in [6, 6.07) is 27.4. The van der Waals surface area contributed by atoms with E-state index in [1.807, 2.05) is 91.2 Å². The number of anilines is 1. The molecule has 1 aliphatic rings. The highest BCUT2D eigenvalue weighted by molar-refractivity contribution is 8.19. The number of para-hydroxylation sites is 2. The second kappa shape index (κ2) is 9.85. The van der Waals surface area contributed by atoms with E-state index in [4.69, 9.17) is 10.1 Å². The van der Waals surface area contributed by atoms with Crippen LogP contribution in [0.4, 0.5) is 11.4 Å². The summed E-state index contributed by atoms with van der Waals surface area (Å²) < 4.78 is 25.3. The molecular weight excluding hydrogens is 504 g/mol. The topological polar surface area (TPSA) is 97.8 Å². The maximum atomic E-state index is 13.6. The summed E-state index contributed by atoms with van der Waals surface area (Å²) in [4.78, 5) is 20.6. The van der Waals surface area contributed by atoms with Crippen molar-refractivity contribution < 1.29 is 13.2 Å². The van der Waals surface area contributed by atoms with Crippen molar-refractivity contribution in [3.05, 3.63) is 113 Å². The summed E-state index contributed by atoms with van der Waals surface area (Å²) >= 11 is 1.33. The Morgan fingerprint density at radius 2 is 1.49 bits per heavy atom. The normalized spacial score (nSPS) is 16.2. The number of hydrogen-bond donors (Lipinski definition) is 1. The number of carbonyl (C=O) groups is 1. The Morgan fingerprint density at radius 3 is 2.11 bits per heavy atom. The summed E-state index contributed by atoms with van der Waals surface area (Å²) in [6.07, 6.45) is 1.88. The first-order valence-corrected chi connectivity index (χ1v) is 13.8. The van der Waals surface area contributed by atoms with E-state index < -0.39 is 10.0 Å². The summed E-state index contributed by atoms with van der Waals surface area (Å²) in [5, 5.41) is 5.82. The molecule has 0 atom stereocenters. The van der Waals surface area contributed by atoms with Crippen molar-refractivity contribution in [3.8, 4) is 5.69 Å². The van der Waals surface area contributed by atoms with Crippen LogP contribution in [0.3, 0.4) is 0 Å². The van der Waals surface area contributed by atoms with Gasteiger partial charge in [-0.25, -0.2) is 18.5 Å². The third kappa shape index (κ3) is 5.01. The number of hydrogen-bond acceptors (Lipinski definition) is 5. The van der Waals surface area contributed by atoms with E-state index in [0.717, 1.165) is 34.0 Å². The van der Waals surface area contributed by atoms with E-state index in [0.29, 0.717) is 10.1 Å². The van der Waals surface area contributed by atoms with Gasteiger partial charge in [0.15, 0.2) is 5.17 Å². The average Bonchev–Trinajstić information content (AvgIpc) is 3.34. The third-order valence-corrected chi connectivity index (χ3v) is 7.88. The number of carbonyl (C=O) groups excluding carboxylic acids is 1. The van der Waals surface area contributed by atoms with Crippen molar-refractivity contribution in [2.45, 2.75) is 18.7 Å². The zero-order chi connectivity index (χ0) is 26.2. The predicted molar refractivity (Wildman–Crippen MR) is 150 cm³/mol. The van der Waals surface area contributed by atoms with E-state index >= 15 is 0 Å². The number of aryl methyl sites for hydroxylation is 1. The van der Waals surface area contributed by atoms with Gasteiger partial charge in [-0.1, -0.05) is 36.4 Å². The highest BCUT2D eigenvalue weighted by Gasteiger charge is 2.35. The van der Waals surface area contributed by atoms with Gasteiger partial charge in [0, 0.05) is 17.1 Å². The first-order chi connectivity index (χ1) is 17.7. The Kier molecular flexibility index (Phi) is 6.59. The lowest BCUT2D eigenvalue weighted by molar-refractivity contribution is -0.113. The lowest BCUT2D eigenvalue weighted by atomic mass is 10.2. The molecule has 1 amide bonds. The molecule has 2 heterocycles. The minimum absolute atomic E-state index is 0.0558. The van der Waals surface area contributed by atoms with Gasteiger partial charge in [0.1, 0.15) is 0 Å². The van der Waals surface area contributed by atoms with Crippen LogP contribution >= 0.6 is 11.8 Å². The molecule has 2 N–H and O–H groups in total. The molecule has 3 aromatic carbocycles. The van der Waals surface area contributed by atoms with Crippen molar-refractivity contribution in [1.82, 2.24) is 4.57 Å². The fraction of sp³-hybridized carbons (Fsp3) is 0.0714. The van der Waals surface area contributed by atoms with Crippen LogP contribution in [0, 0.1) is 13.8 Å². The van der Waals surface area contributed by atoms with Gasteiger partial charge in [-0.15, -0.1) is 0 Å². The lowest BCUT2D eigenvalue weighted by Crippen LogP contribution is -2.28. The maximum absolute atomic E-state index is 13.6. The molecule has 1 aromatic heterocycles. The molecule has 0 unspecified atom stereocenters. The molecule has 186 valence electrons. The predicted octanol–water partition coefficient (Wildman–Crippen LogP) is 5.55. The molecule has 1 aliphatic heterocycles. The number of thioether (sulfide) groups is 1. The van der Waals surface area contributed by atoms with Gasteiger partial charge in [-0.3, -0.25) is 9.69 Å². The highest BCUT2D eigenvalue weighted by Crippen LogP contribution is 2.38. The van der Waals surface area contributed by atoms with E-state index in [1.54, 1.807) is 17.0 Å². The molecule has 1 saturated heterocycles. The van der Waals surface area contributed by atoms with E-state index in [9.17, 15) is 13.2 Å². The first-order valence-electron chi connectivity index (χ1n) is 11.5. The number of nitrogens with two attached hydrogens (primary N) is 1. The zero-order valence-corrected chi connectivity index (χ0v) is 21.8. The van der Waals surface area contributed by atoms with Crippen molar-refractivity contribution >= 4 is 50.3 Å². The summed E-state index contributed by atoms with van der Waals surface area (Å²) in [7, 11) is -3.77. The lowest BCUT2D eigenvalue weighted by Gasteiger charge is -2.15. The molecule has 4 aromatic rings. The maximum Gasteiger partial charge on any atom is 0.271 e. The van der Waals surface area contributed by atoms with Crippen LogP contribution in [0.1, 0.15) is 17.0 Å². The largest absolute Gasteiger partial charge is 0.318 e. The molecule has 9 heteroatoms. The number of aromatic nitrogens is 1. The molecule has 0 radical (unpaired) electrons. The smallest absolute Gasteiger partial charge is 0.271 e. The zero-order valence-electron chi connectivity index (χ0n) is 20.2. The number of sulfonamides is 1. The van der Waals surface area contributed by atoms with Crippen LogP contribution in [-0.2, 0) is 14.8 Å². The second-order valence-corrected chi connectivity index (χ2v) is 11.1. The van der Waals surface area contributed by atoms with Crippen molar-refractivity contribution in [2.24, 2.45) is 10.1 Å². The van der Waals surface area contributed by atoms with Crippen molar-refractivity contribution in [2.75, 3.05) is 4.90 Å². The standard InChI is InChI=1S/C28H24N4O3S2/c1-19-17-21(20(2)31(19)24-13-15-25(16-14-24)37(29,34)35)18-26-27(33)32(23-11-7-4-8-12-23)28(36-26)30-22-9-5-3-6-10-22/h3-18H,1-2H3,(H2,29,34,35)/b26-18-,30-28?. The minimum atomic E-state index is -3.77. The van der Waals surface area contributed by atoms with Gasteiger partial charge in [0.2, 0.25) is 10.0 Å². The number of benzene rings is 3. The molecular formula is C28H24N4O3S2. The van der Waals surface area contributed by atoms with Crippen LogP contribution in [0.5, 0.6) is 0 Å². The Balaban J connectivity index is 1.54. The molecule has 0 saturated carbocycles. The van der Waals surface area contributed by atoms with Crippen molar-refractivity contribution in [3.63, 3.8) is 0 Å². The van der Waals surface area contributed by atoms with Gasteiger partial charge in [-0.05, 0) is 91.8 Å². The molecule has 0 spiro atoms. The molecule has 5 rings (SSSR count). The van der Waals surface area contributed by atoms with E-state index in [2.05, 4.69) is 0 Å². The second-order valence-electron chi connectivity index (χ2n) is 8.52. The van der Waals surface area contributed by atoms with Crippen LogP contribution in [0.2, 0.25) is 0 Å². The molecule has 1 fully saturated rings. The van der Waals surface area contributed by atoms with Crippen LogP contribution in [-0.4, -0.2) is 24.1 Å². The number of primary sulfonamides is 1. The van der Waals surface area contributed by atoms with Crippen molar-refractivity contribution in [1.29, 1.82) is 0 Å². The first kappa shape index (κ1) is 24.8. The molecule has 37 heavy (non-hydrogen) atoms. The molecule has 0 bridgehead atoms. The van der Waals surface area contributed by atoms with Gasteiger partial charge in [0.05, 0.1) is 21.2 Å². The van der Waals surface area contributed by atoms with E-state index in [-0.39, 0.29) is 10.8 Å². The Morgan fingerprint density at radius 1 is 0.865 bits per heavy atom. The van der Waals surface area contributed by atoms with Gasteiger partial charge in [-0.2, -0.15) is 0 Å². The Hall–Kier alpha value is -3.92. The average molecular weight is 529 g/mol. The number of amides is 1. The molecule has 0 aliphatic carbocycles. The van der Waals surface area contributed by atoms with Crippen LogP contribution in [0.15, 0.2) is 106 Å². The molecule has 7 nitrogen and oxygen atoms in total. The Bertz CT molecular complexity index is 1640. The fourth-order valence-electron chi connectivity index (χ4n) is 4.22. The number of amidine groups is 1. The quantitative estimate of drug-likeness (QED) is 0.344. The summed E-state index contributed by atoms with van der Waals surface area (Å²) in [6.45, 7) is 3.93. The monoisotopic (exact) mass is 528 g/mol. The number of aliphatic imine (C=N–C) groups is 1. The van der Waals surface area contributed by atoms with Crippen LogP contribution < -0.4 is 10.0 Å². The van der Waals surface area contributed by atoms with Gasteiger partial charge >= 0.3 is 0 Å². The Labute approximate surface area is 220 Å². The van der Waals surface area contributed by atoms with Gasteiger partial charge < -0.3 is 4.57 Å². The van der Waals surface area contributed by atoms with Crippen LogP contribution in [0.25, 0.3) is 11.8 Å².